The van der Waals surface area contributed by atoms with Crippen LogP contribution < -0.4 is 5.32 Å². The van der Waals surface area contributed by atoms with E-state index in [1.54, 1.807) is 30.5 Å². The van der Waals surface area contributed by atoms with Gasteiger partial charge in [-0.15, -0.1) is 11.3 Å². The van der Waals surface area contributed by atoms with E-state index in [0.717, 1.165) is 21.0 Å². The lowest BCUT2D eigenvalue weighted by Gasteiger charge is -2.06. The summed E-state index contributed by atoms with van der Waals surface area (Å²) in [6.07, 6.45) is 0. The molecule has 0 spiro atoms. The highest BCUT2D eigenvalue weighted by atomic mass is 32.1. The molecule has 0 aliphatic rings. The predicted octanol–water partition coefficient (Wildman–Crippen LogP) is 4.35. The number of hydrogen-bond donors (Lipinski definition) is 1. The molecule has 2 aromatic heterocycles. The number of aryl methyl sites for hydroxylation is 1. The van der Waals surface area contributed by atoms with E-state index in [0.29, 0.717) is 23.8 Å². The van der Waals surface area contributed by atoms with Gasteiger partial charge in [0.05, 0.1) is 12.1 Å². The molecule has 2 heterocycles. The molecule has 25 heavy (non-hydrogen) atoms. The van der Waals surface area contributed by atoms with Gasteiger partial charge >= 0.3 is 0 Å². The highest BCUT2D eigenvalue weighted by molar-refractivity contribution is 7.16. The van der Waals surface area contributed by atoms with Gasteiger partial charge in [-0.05, 0) is 44.0 Å². The zero-order valence-electron chi connectivity index (χ0n) is 13.9. The third-order valence-electron chi connectivity index (χ3n) is 3.59. The molecule has 0 atom stereocenters. The summed E-state index contributed by atoms with van der Waals surface area (Å²) >= 11 is 1.57. The van der Waals surface area contributed by atoms with Gasteiger partial charge in [-0.2, -0.15) is 0 Å². The summed E-state index contributed by atoms with van der Waals surface area (Å²) in [4.78, 5) is 9.48. The number of nitrogens with zero attached hydrogens (tertiary/aromatic N) is 3. The number of nitrogens with one attached hydrogen (secondary N) is 1. The zero-order valence-corrected chi connectivity index (χ0v) is 14.7. The minimum absolute atomic E-state index is 0.282. The maximum absolute atomic E-state index is 13.0. The lowest BCUT2D eigenvalue weighted by molar-refractivity contribution is 0.382. The maximum Gasteiger partial charge on any atom is 0.156 e. The van der Waals surface area contributed by atoms with E-state index in [1.165, 1.54) is 12.1 Å². The van der Waals surface area contributed by atoms with E-state index in [-0.39, 0.29) is 5.82 Å². The van der Waals surface area contributed by atoms with Crippen LogP contribution in [0.4, 0.5) is 9.39 Å². The molecule has 0 saturated carbocycles. The van der Waals surface area contributed by atoms with Crippen molar-refractivity contribution < 1.29 is 8.91 Å². The van der Waals surface area contributed by atoms with Crippen LogP contribution in [-0.2, 0) is 6.54 Å². The van der Waals surface area contributed by atoms with Gasteiger partial charge < -0.3 is 9.84 Å². The van der Waals surface area contributed by atoms with E-state index in [1.807, 2.05) is 19.1 Å². The van der Waals surface area contributed by atoms with Gasteiger partial charge in [0.1, 0.15) is 22.3 Å². The average Bonchev–Trinajstić information content (AvgIpc) is 3.23. The van der Waals surface area contributed by atoms with Crippen LogP contribution in [0.1, 0.15) is 16.2 Å². The molecule has 0 amide bonds. The topological polar surface area (TPSA) is 62.8 Å². The molecule has 1 N–H and O–H groups in total. The molecular weight excluding hydrogens is 339 g/mol. The van der Waals surface area contributed by atoms with Crippen molar-refractivity contribution >= 4 is 28.9 Å². The highest BCUT2D eigenvalue weighted by Gasteiger charge is 2.13. The fourth-order valence-corrected chi connectivity index (χ4v) is 3.22. The van der Waals surface area contributed by atoms with E-state index in [2.05, 4.69) is 27.2 Å². The Balaban J connectivity index is 1.72. The van der Waals surface area contributed by atoms with Crippen LogP contribution in [0.15, 0.2) is 50.9 Å². The number of benzene rings is 1. The van der Waals surface area contributed by atoms with Gasteiger partial charge in [-0.25, -0.2) is 4.39 Å². The van der Waals surface area contributed by atoms with E-state index in [4.69, 9.17) is 4.52 Å². The molecule has 0 bridgehead atoms. The summed E-state index contributed by atoms with van der Waals surface area (Å²) in [6.45, 7) is 6.04. The largest absolute Gasteiger partial charge is 0.362 e. The molecule has 1 aromatic carbocycles. The van der Waals surface area contributed by atoms with Crippen molar-refractivity contribution in [1.82, 2.24) is 10.5 Å². The number of aromatic nitrogens is 1. The van der Waals surface area contributed by atoms with Crippen LogP contribution in [0, 0.1) is 12.7 Å². The molecule has 0 unspecified atom stereocenters. The second-order valence-corrected chi connectivity index (χ2v) is 6.58. The average molecular weight is 356 g/mol. The Kier molecular flexibility index (Phi) is 5.04. The van der Waals surface area contributed by atoms with Crippen molar-refractivity contribution in [1.29, 1.82) is 0 Å². The molecule has 0 aliphatic heterocycles. The van der Waals surface area contributed by atoms with E-state index < -0.39 is 0 Å². The van der Waals surface area contributed by atoms with Crippen LogP contribution in [-0.4, -0.2) is 24.8 Å². The van der Waals surface area contributed by atoms with Crippen molar-refractivity contribution in [3.8, 4) is 11.3 Å². The van der Waals surface area contributed by atoms with Crippen LogP contribution in [0.25, 0.3) is 11.3 Å². The lowest BCUT2D eigenvalue weighted by Crippen LogP contribution is -2.23. The van der Waals surface area contributed by atoms with Gasteiger partial charge in [-0.1, -0.05) is 5.16 Å². The molecule has 0 radical (unpaired) electrons. The maximum atomic E-state index is 13.0. The van der Waals surface area contributed by atoms with Crippen molar-refractivity contribution in [3.63, 3.8) is 0 Å². The van der Waals surface area contributed by atoms with Gasteiger partial charge in [0, 0.05) is 23.6 Å². The first-order valence-electron chi connectivity index (χ1n) is 7.60. The standard InChI is InChI=1S/C18H17FN4OS/c1-11-8-15(18(21-3)25-11)17(20-2)22-10-14-9-16(23-24-14)12-4-6-13(19)7-5-12/h4-9H,3,10H2,1-2H3,(H,20,22). The Hall–Kier alpha value is -2.80. The molecule has 7 heteroatoms. The first kappa shape index (κ1) is 17.0. The van der Waals surface area contributed by atoms with Gasteiger partial charge in [0.15, 0.2) is 5.76 Å². The minimum Gasteiger partial charge on any atom is -0.362 e. The Morgan fingerprint density at radius 1 is 1.32 bits per heavy atom. The Bertz CT molecular complexity index is 912. The molecule has 0 saturated heterocycles. The SMILES string of the molecule is C=Nc1sc(C)cc1C(=NC)NCc1cc(-c2ccc(F)cc2)no1. The van der Waals surface area contributed by atoms with Crippen molar-refractivity contribution in [2.45, 2.75) is 13.5 Å². The fourth-order valence-electron chi connectivity index (χ4n) is 2.41. The van der Waals surface area contributed by atoms with Gasteiger partial charge in [-0.3, -0.25) is 9.98 Å². The summed E-state index contributed by atoms with van der Waals surface area (Å²) in [6, 6.07) is 9.96. The zero-order chi connectivity index (χ0) is 17.8. The number of hydrogen-bond acceptors (Lipinski definition) is 5. The summed E-state index contributed by atoms with van der Waals surface area (Å²) in [5.41, 5.74) is 2.37. The molecule has 3 rings (SSSR count). The minimum atomic E-state index is -0.282. The van der Waals surface area contributed by atoms with Crippen LogP contribution >= 0.6 is 11.3 Å². The van der Waals surface area contributed by atoms with Gasteiger partial charge in [0.25, 0.3) is 0 Å². The Labute approximate surface area is 148 Å². The van der Waals surface area contributed by atoms with E-state index >= 15 is 0 Å². The fraction of sp³-hybridized carbons (Fsp3) is 0.167. The molecule has 5 nitrogen and oxygen atoms in total. The summed E-state index contributed by atoms with van der Waals surface area (Å²) in [5, 5.41) is 8.09. The van der Waals surface area contributed by atoms with Crippen molar-refractivity contribution in [2.24, 2.45) is 9.98 Å². The van der Waals surface area contributed by atoms with Crippen LogP contribution in [0.5, 0.6) is 0 Å². The van der Waals surface area contributed by atoms with Crippen LogP contribution in [0.2, 0.25) is 0 Å². The number of halogens is 1. The number of amidine groups is 1. The quantitative estimate of drug-likeness (QED) is 0.546. The Morgan fingerprint density at radius 2 is 2.08 bits per heavy atom. The summed E-state index contributed by atoms with van der Waals surface area (Å²) in [5.74, 6) is 1.09. The molecule has 128 valence electrons. The molecule has 0 aliphatic carbocycles. The first-order chi connectivity index (χ1) is 12.1. The molecule has 0 fully saturated rings. The van der Waals surface area contributed by atoms with Crippen molar-refractivity contribution in [3.05, 3.63) is 58.4 Å². The smallest absolute Gasteiger partial charge is 0.156 e. The normalized spacial score (nSPS) is 11.6. The third-order valence-corrected chi connectivity index (χ3v) is 4.57. The summed E-state index contributed by atoms with van der Waals surface area (Å²) < 4.78 is 18.4. The molecular formula is C18H17FN4OS. The first-order valence-corrected chi connectivity index (χ1v) is 8.42. The second-order valence-electron chi connectivity index (χ2n) is 5.35. The number of thiophene rings is 1. The monoisotopic (exact) mass is 356 g/mol. The lowest BCUT2D eigenvalue weighted by atomic mass is 10.1. The second kappa shape index (κ2) is 7.40. The predicted molar refractivity (Wildman–Crippen MR) is 99.5 cm³/mol. The summed E-state index contributed by atoms with van der Waals surface area (Å²) in [7, 11) is 1.71. The van der Waals surface area contributed by atoms with E-state index in [9.17, 15) is 4.39 Å². The highest BCUT2D eigenvalue weighted by Crippen LogP contribution is 2.30. The number of rotatable bonds is 5. The Morgan fingerprint density at radius 3 is 2.76 bits per heavy atom. The third kappa shape index (κ3) is 3.83. The van der Waals surface area contributed by atoms with Crippen molar-refractivity contribution in [2.75, 3.05) is 7.05 Å². The molecule has 3 aromatic rings. The van der Waals surface area contributed by atoms with Crippen LogP contribution in [0.3, 0.4) is 0 Å². The number of aliphatic imine (C=N–C) groups is 2. The van der Waals surface area contributed by atoms with Gasteiger partial charge in [0.2, 0.25) is 0 Å².